The van der Waals surface area contributed by atoms with Gasteiger partial charge >= 0.3 is 0 Å². The quantitative estimate of drug-likeness (QED) is 0.666. The zero-order valence-corrected chi connectivity index (χ0v) is 14.9. The fourth-order valence-corrected chi connectivity index (χ4v) is 3.28. The zero-order chi connectivity index (χ0) is 19.1. The molecule has 0 spiro atoms. The van der Waals surface area contributed by atoms with Crippen molar-refractivity contribution < 1.29 is 14.3 Å². The Morgan fingerprint density at radius 1 is 1.04 bits per heavy atom. The van der Waals surface area contributed by atoms with E-state index in [-0.39, 0.29) is 17.9 Å². The molecule has 2 aromatic carbocycles. The fourth-order valence-electron chi connectivity index (χ4n) is 3.28. The zero-order valence-electron chi connectivity index (χ0n) is 14.9. The topological polar surface area (TPSA) is 81.5 Å². The summed E-state index contributed by atoms with van der Waals surface area (Å²) >= 11 is 0. The number of carbonyl (C=O) groups is 2. The van der Waals surface area contributed by atoms with Crippen LogP contribution in [-0.4, -0.2) is 33.4 Å². The summed E-state index contributed by atoms with van der Waals surface area (Å²) in [5, 5.41) is 0.386. The van der Waals surface area contributed by atoms with Crippen LogP contribution in [0.2, 0.25) is 0 Å². The van der Waals surface area contributed by atoms with Gasteiger partial charge in [-0.05, 0) is 36.8 Å². The van der Waals surface area contributed by atoms with Gasteiger partial charge < -0.3 is 4.74 Å². The van der Waals surface area contributed by atoms with E-state index in [1.807, 2.05) is 0 Å². The molecule has 136 valence electrons. The van der Waals surface area contributed by atoms with Crippen molar-refractivity contribution in [3.63, 3.8) is 0 Å². The van der Waals surface area contributed by atoms with Gasteiger partial charge in [-0.1, -0.05) is 24.3 Å². The average molecular weight is 363 g/mol. The molecule has 0 saturated carbocycles. The Morgan fingerprint density at radius 3 is 2.44 bits per heavy atom. The van der Waals surface area contributed by atoms with Crippen LogP contribution in [0.3, 0.4) is 0 Å². The standard InChI is InChI=1S/C20H17N3O4/c1-12-18(24)22(11-13-7-9-14(27-2)10-8-13)20(26)17-21-16-6-4-3-5-15(16)19(25)23(12)17/h3-10,12H,11H2,1-2H3/t12-/m0/s1. The predicted molar refractivity (Wildman–Crippen MR) is 98.6 cm³/mol. The number of amides is 2. The lowest BCUT2D eigenvalue weighted by atomic mass is 10.1. The maximum atomic E-state index is 13.0. The Bertz CT molecular complexity index is 1120. The van der Waals surface area contributed by atoms with E-state index in [2.05, 4.69) is 4.98 Å². The summed E-state index contributed by atoms with van der Waals surface area (Å²) in [6.45, 7) is 1.71. The molecule has 1 aromatic heterocycles. The normalized spacial score (nSPS) is 16.5. The maximum absolute atomic E-state index is 13.0. The second kappa shape index (κ2) is 6.35. The van der Waals surface area contributed by atoms with E-state index in [9.17, 15) is 14.4 Å². The summed E-state index contributed by atoms with van der Waals surface area (Å²) < 4.78 is 6.32. The van der Waals surface area contributed by atoms with Gasteiger partial charge in [-0.3, -0.25) is 23.9 Å². The molecule has 27 heavy (non-hydrogen) atoms. The van der Waals surface area contributed by atoms with Gasteiger partial charge in [0.05, 0.1) is 24.6 Å². The first-order valence-electron chi connectivity index (χ1n) is 8.51. The summed E-state index contributed by atoms with van der Waals surface area (Å²) in [5.41, 5.74) is 0.836. The number of rotatable bonds is 3. The molecule has 0 fully saturated rings. The van der Waals surface area contributed by atoms with Gasteiger partial charge in [0.15, 0.2) is 0 Å². The summed E-state index contributed by atoms with van der Waals surface area (Å²) in [6.07, 6.45) is 0. The monoisotopic (exact) mass is 363 g/mol. The third kappa shape index (κ3) is 2.68. The SMILES string of the molecule is COc1ccc(CN2C(=O)c3nc4ccccc4c(=O)n3[C@@H](C)C2=O)cc1. The molecule has 0 unspecified atom stereocenters. The maximum Gasteiger partial charge on any atom is 0.296 e. The molecular weight excluding hydrogens is 346 g/mol. The molecule has 1 aliphatic rings. The van der Waals surface area contributed by atoms with Gasteiger partial charge in [-0.2, -0.15) is 0 Å². The van der Waals surface area contributed by atoms with Gasteiger partial charge in [-0.15, -0.1) is 0 Å². The van der Waals surface area contributed by atoms with Crippen molar-refractivity contribution in [3.05, 3.63) is 70.3 Å². The number of benzene rings is 2. The molecule has 7 heteroatoms. The van der Waals surface area contributed by atoms with E-state index in [0.717, 1.165) is 10.5 Å². The summed E-state index contributed by atoms with van der Waals surface area (Å²) in [6, 6.07) is 13.1. The summed E-state index contributed by atoms with van der Waals surface area (Å²) in [7, 11) is 1.57. The number of hydrogen-bond donors (Lipinski definition) is 0. The van der Waals surface area contributed by atoms with Gasteiger partial charge in [0.25, 0.3) is 17.4 Å². The third-order valence-corrected chi connectivity index (χ3v) is 4.75. The first kappa shape index (κ1) is 17.0. The van der Waals surface area contributed by atoms with Crippen molar-refractivity contribution in [2.24, 2.45) is 0 Å². The second-order valence-corrected chi connectivity index (χ2v) is 6.38. The Labute approximate surface area is 154 Å². The van der Waals surface area contributed by atoms with Crippen LogP contribution in [0.15, 0.2) is 53.3 Å². The highest BCUT2D eigenvalue weighted by Crippen LogP contribution is 2.23. The van der Waals surface area contributed by atoms with E-state index >= 15 is 0 Å². The van der Waals surface area contributed by atoms with E-state index < -0.39 is 17.9 Å². The Morgan fingerprint density at radius 2 is 1.74 bits per heavy atom. The molecule has 1 atom stereocenters. The number of ether oxygens (including phenoxy) is 1. The van der Waals surface area contributed by atoms with Crippen LogP contribution in [0.25, 0.3) is 10.9 Å². The molecule has 2 amide bonds. The number of carbonyl (C=O) groups excluding carboxylic acids is 2. The molecule has 0 aliphatic carbocycles. The Kier molecular flexibility index (Phi) is 3.99. The molecule has 0 bridgehead atoms. The van der Waals surface area contributed by atoms with Crippen molar-refractivity contribution in [1.82, 2.24) is 14.5 Å². The first-order chi connectivity index (χ1) is 13.0. The smallest absolute Gasteiger partial charge is 0.296 e. The van der Waals surface area contributed by atoms with Crippen molar-refractivity contribution in [3.8, 4) is 5.75 Å². The van der Waals surface area contributed by atoms with E-state index in [0.29, 0.717) is 16.7 Å². The van der Waals surface area contributed by atoms with Crippen LogP contribution in [0.5, 0.6) is 5.75 Å². The van der Waals surface area contributed by atoms with Crippen LogP contribution >= 0.6 is 0 Å². The van der Waals surface area contributed by atoms with Crippen LogP contribution in [0, 0.1) is 0 Å². The molecular formula is C20H17N3O4. The lowest BCUT2D eigenvalue weighted by Crippen LogP contribution is -2.50. The number of aromatic nitrogens is 2. The number of imide groups is 1. The van der Waals surface area contributed by atoms with Crippen molar-refractivity contribution in [2.75, 3.05) is 7.11 Å². The number of nitrogens with zero attached hydrogens (tertiary/aromatic N) is 3. The van der Waals surface area contributed by atoms with Gasteiger partial charge in [-0.25, -0.2) is 4.98 Å². The molecule has 4 rings (SSSR count). The van der Waals surface area contributed by atoms with Gasteiger partial charge in [0.1, 0.15) is 11.8 Å². The molecule has 1 aliphatic heterocycles. The largest absolute Gasteiger partial charge is 0.497 e. The molecule has 0 saturated heterocycles. The first-order valence-corrected chi connectivity index (χ1v) is 8.51. The van der Waals surface area contributed by atoms with E-state index in [1.54, 1.807) is 62.6 Å². The minimum absolute atomic E-state index is 0.0145. The molecule has 3 aromatic rings. The number of hydrogen-bond acceptors (Lipinski definition) is 5. The van der Waals surface area contributed by atoms with Crippen molar-refractivity contribution in [2.45, 2.75) is 19.5 Å². The van der Waals surface area contributed by atoms with Crippen molar-refractivity contribution in [1.29, 1.82) is 0 Å². The summed E-state index contributed by atoms with van der Waals surface area (Å²) in [4.78, 5) is 44.1. The highest BCUT2D eigenvalue weighted by Gasteiger charge is 2.38. The highest BCUT2D eigenvalue weighted by molar-refractivity contribution is 6.07. The average Bonchev–Trinajstić information content (AvgIpc) is 2.70. The Balaban J connectivity index is 1.78. The highest BCUT2D eigenvalue weighted by atomic mass is 16.5. The van der Waals surface area contributed by atoms with E-state index in [1.165, 1.54) is 4.57 Å². The minimum atomic E-state index is -0.805. The third-order valence-electron chi connectivity index (χ3n) is 4.75. The van der Waals surface area contributed by atoms with Crippen LogP contribution < -0.4 is 10.3 Å². The summed E-state index contributed by atoms with van der Waals surface area (Å²) in [5.74, 6) is -0.327. The molecule has 0 radical (unpaired) electrons. The van der Waals surface area contributed by atoms with Crippen LogP contribution in [0.1, 0.15) is 29.1 Å². The van der Waals surface area contributed by atoms with Crippen LogP contribution in [-0.2, 0) is 11.3 Å². The van der Waals surface area contributed by atoms with Crippen LogP contribution in [0.4, 0.5) is 0 Å². The number of methoxy groups -OCH3 is 1. The molecule has 2 heterocycles. The molecule has 0 N–H and O–H groups in total. The van der Waals surface area contributed by atoms with Crippen molar-refractivity contribution >= 4 is 22.7 Å². The second-order valence-electron chi connectivity index (χ2n) is 6.38. The Hall–Kier alpha value is -3.48. The predicted octanol–water partition coefficient (Wildman–Crippen LogP) is 2.15. The fraction of sp³-hybridized carbons (Fsp3) is 0.200. The number of fused-ring (bicyclic) bond motifs is 2. The molecule has 7 nitrogen and oxygen atoms in total. The number of para-hydroxylation sites is 1. The lowest BCUT2D eigenvalue weighted by molar-refractivity contribution is -0.133. The lowest BCUT2D eigenvalue weighted by Gasteiger charge is -2.31. The van der Waals surface area contributed by atoms with Gasteiger partial charge in [0.2, 0.25) is 5.82 Å². The minimum Gasteiger partial charge on any atom is -0.497 e. The van der Waals surface area contributed by atoms with Gasteiger partial charge in [0, 0.05) is 0 Å². The van der Waals surface area contributed by atoms with E-state index in [4.69, 9.17) is 4.74 Å².